The van der Waals surface area contributed by atoms with Crippen LogP contribution in [0.2, 0.25) is 0 Å². The van der Waals surface area contributed by atoms with E-state index in [1.54, 1.807) is 16.2 Å². The molecule has 1 heterocycles. The summed E-state index contributed by atoms with van der Waals surface area (Å²) >= 11 is 5.06. The van der Waals surface area contributed by atoms with Crippen LogP contribution in [0.15, 0.2) is 15.2 Å². The minimum absolute atomic E-state index is 0.184. The van der Waals surface area contributed by atoms with Crippen molar-refractivity contribution in [1.82, 2.24) is 10.2 Å². The Morgan fingerprint density at radius 2 is 2.38 bits per heavy atom. The van der Waals surface area contributed by atoms with E-state index in [0.717, 1.165) is 16.9 Å². The molecule has 0 unspecified atom stereocenters. The van der Waals surface area contributed by atoms with Gasteiger partial charge in [0.1, 0.15) is 0 Å². The van der Waals surface area contributed by atoms with E-state index in [2.05, 4.69) is 32.7 Å². The second-order valence-corrected chi connectivity index (χ2v) is 5.90. The number of carbonyl (C=O) groups excluding carboxylic acids is 1. The van der Waals surface area contributed by atoms with Gasteiger partial charge >= 0.3 is 0 Å². The van der Waals surface area contributed by atoms with Crippen LogP contribution >= 0.6 is 27.3 Å². The number of carbonyl (C=O) groups is 1. The second-order valence-electron chi connectivity index (χ2n) is 3.61. The first-order valence-corrected chi connectivity index (χ1v) is 6.98. The number of halogens is 1. The van der Waals surface area contributed by atoms with Crippen LogP contribution in [-0.2, 0) is 11.3 Å². The van der Waals surface area contributed by atoms with Gasteiger partial charge in [0.05, 0.1) is 3.79 Å². The predicted molar refractivity (Wildman–Crippen MR) is 71.7 cm³/mol. The third-order valence-electron chi connectivity index (χ3n) is 2.23. The molecule has 16 heavy (non-hydrogen) atoms. The summed E-state index contributed by atoms with van der Waals surface area (Å²) in [6, 6.07) is 2.05. The van der Waals surface area contributed by atoms with Crippen molar-refractivity contribution in [2.45, 2.75) is 19.9 Å². The Kier molecular flexibility index (Phi) is 6.01. The van der Waals surface area contributed by atoms with E-state index in [0.29, 0.717) is 13.0 Å². The number of thiophene rings is 1. The molecule has 3 nitrogen and oxygen atoms in total. The first kappa shape index (κ1) is 13.7. The zero-order valence-electron chi connectivity index (χ0n) is 9.62. The molecule has 0 saturated heterocycles. The Labute approximate surface area is 109 Å². The van der Waals surface area contributed by atoms with Crippen molar-refractivity contribution in [1.29, 1.82) is 0 Å². The van der Waals surface area contributed by atoms with Gasteiger partial charge in [0, 0.05) is 26.6 Å². The molecular weight excluding hydrogens is 288 g/mol. The Morgan fingerprint density at radius 3 is 2.94 bits per heavy atom. The molecule has 90 valence electrons. The predicted octanol–water partition coefficient (Wildman–Crippen LogP) is 2.47. The van der Waals surface area contributed by atoms with E-state index in [1.807, 2.05) is 14.0 Å². The molecule has 1 N–H and O–H groups in total. The van der Waals surface area contributed by atoms with Crippen molar-refractivity contribution in [2.75, 3.05) is 20.1 Å². The lowest BCUT2D eigenvalue weighted by molar-refractivity contribution is -0.130. The van der Waals surface area contributed by atoms with Crippen molar-refractivity contribution in [3.63, 3.8) is 0 Å². The Balaban J connectivity index is 2.34. The van der Waals surface area contributed by atoms with E-state index in [4.69, 9.17) is 0 Å². The highest BCUT2D eigenvalue weighted by Crippen LogP contribution is 2.21. The number of nitrogens with zero attached hydrogens (tertiary/aromatic N) is 1. The molecule has 0 saturated carbocycles. The molecule has 0 aromatic carbocycles. The smallest absolute Gasteiger partial charge is 0.223 e. The zero-order valence-corrected chi connectivity index (χ0v) is 12.0. The van der Waals surface area contributed by atoms with Crippen molar-refractivity contribution < 1.29 is 4.79 Å². The summed E-state index contributed by atoms with van der Waals surface area (Å²) in [6.07, 6.45) is 0.565. The highest BCUT2D eigenvalue weighted by molar-refractivity contribution is 9.11. The molecule has 1 rings (SSSR count). The fourth-order valence-electron chi connectivity index (χ4n) is 1.35. The second kappa shape index (κ2) is 7.04. The SMILES string of the molecule is CCNCCC(=O)N(C)Cc1csc(Br)c1. The van der Waals surface area contributed by atoms with Gasteiger partial charge in [-0.1, -0.05) is 6.92 Å². The van der Waals surface area contributed by atoms with E-state index >= 15 is 0 Å². The molecule has 0 radical (unpaired) electrons. The molecule has 0 aliphatic carbocycles. The van der Waals surface area contributed by atoms with Gasteiger partial charge in [0.25, 0.3) is 0 Å². The van der Waals surface area contributed by atoms with E-state index in [1.165, 1.54) is 5.56 Å². The molecule has 5 heteroatoms. The maximum absolute atomic E-state index is 11.7. The quantitative estimate of drug-likeness (QED) is 0.819. The van der Waals surface area contributed by atoms with Gasteiger partial charge in [0.15, 0.2) is 0 Å². The van der Waals surface area contributed by atoms with Crippen molar-refractivity contribution in [3.05, 3.63) is 20.8 Å². The lowest BCUT2D eigenvalue weighted by Crippen LogP contribution is -2.29. The Bertz CT molecular complexity index is 340. The summed E-state index contributed by atoms with van der Waals surface area (Å²) in [6.45, 7) is 4.39. The van der Waals surface area contributed by atoms with Crippen molar-refractivity contribution in [3.8, 4) is 0 Å². The summed E-state index contributed by atoms with van der Waals surface area (Å²) in [5, 5.41) is 5.22. The zero-order chi connectivity index (χ0) is 12.0. The van der Waals surface area contributed by atoms with Crippen LogP contribution in [0, 0.1) is 0 Å². The standard InChI is InChI=1S/C11H17BrN2OS/c1-3-13-5-4-11(15)14(2)7-9-6-10(12)16-8-9/h6,8,13H,3-5,7H2,1-2H3. The number of hydrogen-bond donors (Lipinski definition) is 1. The minimum atomic E-state index is 0.184. The summed E-state index contributed by atoms with van der Waals surface area (Å²) in [5.41, 5.74) is 1.18. The van der Waals surface area contributed by atoms with Crippen molar-refractivity contribution >= 4 is 33.2 Å². The number of amides is 1. The third-order valence-corrected chi connectivity index (χ3v) is 3.79. The van der Waals surface area contributed by atoms with Crippen LogP contribution in [0.3, 0.4) is 0 Å². The molecule has 0 atom stereocenters. The van der Waals surface area contributed by atoms with Gasteiger partial charge in [0.2, 0.25) is 5.91 Å². The molecule has 0 bridgehead atoms. The lowest BCUT2D eigenvalue weighted by Gasteiger charge is -2.16. The number of hydrogen-bond acceptors (Lipinski definition) is 3. The Morgan fingerprint density at radius 1 is 1.62 bits per heavy atom. The normalized spacial score (nSPS) is 10.4. The third kappa shape index (κ3) is 4.63. The fourth-order valence-corrected chi connectivity index (χ4v) is 2.55. The molecule has 0 aliphatic rings. The molecule has 0 fully saturated rings. The molecule has 1 amide bonds. The van der Waals surface area contributed by atoms with Crippen molar-refractivity contribution in [2.24, 2.45) is 0 Å². The highest BCUT2D eigenvalue weighted by atomic mass is 79.9. The molecule has 0 aliphatic heterocycles. The van der Waals surface area contributed by atoms with E-state index in [9.17, 15) is 4.79 Å². The van der Waals surface area contributed by atoms with Gasteiger partial charge in [-0.25, -0.2) is 0 Å². The van der Waals surface area contributed by atoms with E-state index in [-0.39, 0.29) is 5.91 Å². The Hall–Kier alpha value is -0.390. The average molecular weight is 305 g/mol. The lowest BCUT2D eigenvalue weighted by atomic mass is 10.3. The van der Waals surface area contributed by atoms with Gasteiger partial charge in [-0.15, -0.1) is 11.3 Å². The summed E-state index contributed by atoms with van der Waals surface area (Å²) < 4.78 is 1.11. The summed E-state index contributed by atoms with van der Waals surface area (Å²) in [5.74, 6) is 0.184. The maximum Gasteiger partial charge on any atom is 0.223 e. The fraction of sp³-hybridized carbons (Fsp3) is 0.545. The highest BCUT2D eigenvalue weighted by Gasteiger charge is 2.09. The summed E-state index contributed by atoms with van der Waals surface area (Å²) in [4.78, 5) is 13.5. The minimum Gasteiger partial charge on any atom is -0.341 e. The van der Waals surface area contributed by atoms with Crippen LogP contribution in [-0.4, -0.2) is 30.9 Å². The number of nitrogens with one attached hydrogen (secondary N) is 1. The van der Waals surface area contributed by atoms with Crippen LogP contribution in [0.1, 0.15) is 18.9 Å². The average Bonchev–Trinajstić information content (AvgIpc) is 2.64. The molecule has 0 spiro atoms. The van der Waals surface area contributed by atoms with Gasteiger partial charge in [-0.3, -0.25) is 4.79 Å². The molecule has 1 aromatic heterocycles. The monoisotopic (exact) mass is 304 g/mol. The molecular formula is C11H17BrN2OS. The summed E-state index contributed by atoms with van der Waals surface area (Å²) in [7, 11) is 1.85. The van der Waals surface area contributed by atoms with Crippen LogP contribution < -0.4 is 5.32 Å². The topological polar surface area (TPSA) is 32.3 Å². The maximum atomic E-state index is 11.7. The first-order chi connectivity index (χ1) is 7.63. The van der Waals surface area contributed by atoms with Gasteiger partial charge < -0.3 is 10.2 Å². The van der Waals surface area contributed by atoms with Gasteiger partial charge in [-0.05, 0) is 39.5 Å². The van der Waals surface area contributed by atoms with Gasteiger partial charge in [-0.2, -0.15) is 0 Å². The van der Waals surface area contributed by atoms with Crippen LogP contribution in [0.5, 0.6) is 0 Å². The largest absolute Gasteiger partial charge is 0.341 e. The number of rotatable bonds is 6. The van der Waals surface area contributed by atoms with Crippen LogP contribution in [0.25, 0.3) is 0 Å². The first-order valence-electron chi connectivity index (χ1n) is 5.31. The van der Waals surface area contributed by atoms with Crippen LogP contribution in [0.4, 0.5) is 0 Å². The van der Waals surface area contributed by atoms with E-state index < -0.39 is 0 Å². The molecule has 1 aromatic rings.